The minimum absolute atomic E-state index is 0.523. The molecule has 0 amide bonds. The van der Waals surface area contributed by atoms with Gasteiger partial charge in [0, 0.05) is 36.7 Å². The van der Waals surface area contributed by atoms with Crippen LogP contribution in [0.4, 0.5) is 5.82 Å². The second-order valence-electron chi connectivity index (χ2n) is 10.3. The van der Waals surface area contributed by atoms with Crippen LogP contribution in [0, 0.1) is 0 Å². The average Bonchev–Trinajstić information content (AvgIpc) is 3.22. The van der Waals surface area contributed by atoms with Crippen LogP contribution in [-0.2, 0) is 17.9 Å². The number of hydrogen-bond acceptors (Lipinski definition) is 5. The van der Waals surface area contributed by atoms with Gasteiger partial charge in [-0.1, -0.05) is 49.4 Å². The predicted molar refractivity (Wildman–Crippen MR) is 148 cm³/mol. The van der Waals surface area contributed by atoms with E-state index in [1.54, 1.807) is 0 Å². The fraction of sp³-hybridized carbons (Fsp3) is 0.586. The lowest BCUT2D eigenvalue weighted by atomic mass is 10.1. The fourth-order valence-corrected chi connectivity index (χ4v) is 5.61. The van der Waals surface area contributed by atoms with Crippen molar-refractivity contribution in [1.82, 2.24) is 19.7 Å². The standard InChI is InChI=1S/C29H40ClN5O/c30-25-12-10-24(11-13-25)22-35-29-26(14-15-28(31-29)34-19-7-2-1-3-8-20-34)27(32-35)23-36-21-9-18-33-16-5-4-6-17-33/h10-15H,1-9,16-23H2. The molecule has 0 spiro atoms. The van der Waals surface area contributed by atoms with Gasteiger partial charge in [-0.2, -0.15) is 5.10 Å². The Balaban J connectivity index is 1.31. The van der Waals surface area contributed by atoms with Gasteiger partial charge in [0.2, 0.25) is 0 Å². The Morgan fingerprint density at radius 3 is 2.28 bits per heavy atom. The van der Waals surface area contributed by atoms with Crippen LogP contribution in [0.15, 0.2) is 36.4 Å². The van der Waals surface area contributed by atoms with Gasteiger partial charge >= 0.3 is 0 Å². The number of hydrogen-bond donors (Lipinski definition) is 0. The number of aromatic nitrogens is 3. The summed E-state index contributed by atoms with van der Waals surface area (Å²) in [6.45, 7) is 7.73. The monoisotopic (exact) mass is 509 g/mol. The summed E-state index contributed by atoms with van der Waals surface area (Å²) in [5.74, 6) is 1.07. The van der Waals surface area contributed by atoms with Crippen LogP contribution in [0.5, 0.6) is 0 Å². The molecule has 0 aliphatic carbocycles. The highest BCUT2D eigenvalue weighted by atomic mass is 35.5. The van der Waals surface area contributed by atoms with Crippen molar-refractivity contribution in [2.24, 2.45) is 0 Å². The van der Waals surface area contributed by atoms with Gasteiger partial charge in [0.25, 0.3) is 0 Å². The van der Waals surface area contributed by atoms with E-state index in [2.05, 4.69) is 34.1 Å². The molecule has 0 radical (unpaired) electrons. The number of anilines is 1. The van der Waals surface area contributed by atoms with E-state index in [9.17, 15) is 0 Å². The van der Waals surface area contributed by atoms with E-state index in [-0.39, 0.29) is 0 Å². The van der Waals surface area contributed by atoms with Gasteiger partial charge in [-0.05, 0) is 75.0 Å². The molecule has 0 bridgehead atoms. The summed E-state index contributed by atoms with van der Waals surface area (Å²) in [7, 11) is 0. The molecule has 0 atom stereocenters. The second kappa shape index (κ2) is 12.9. The summed E-state index contributed by atoms with van der Waals surface area (Å²) >= 11 is 6.12. The number of halogens is 1. The zero-order valence-corrected chi connectivity index (χ0v) is 22.3. The van der Waals surface area contributed by atoms with Crippen LogP contribution in [0.3, 0.4) is 0 Å². The molecule has 7 heteroatoms. The molecular formula is C29H40ClN5O. The Morgan fingerprint density at radius 1 is 0.806 bits per heavy atom. The highest BCUT2D eigenvalue weighted by Crippen LogP contribution is 2.25. The van der Waals surface area contributed by atoms with E-state index in [0.717, 1.165) is 65.8 Å². The van der Waals surface area contributed by atoms with E-state index in [1.807, 2.05) is 16.8 Å². The quantitative estimate of drug-likeness (QED) is 0.317. The normalized spacial score (nSPS) is 17.9. The largest absolute Gasteiger partial charge is 0.375 e. The Labute approximate surface area is 220 Å². The molecule has 0 saturated carbocycles. The fourth-order valence-electron chi connectivity index (χ4n) is 5.48. The van der Waals surface area contributed by atoms with Crippen LogP contribution in [0.2, 0.25) is 5.02 Å². The van der Waals surface area contributed by atoms with Crippen molar-refractivity contribution >= 4 is 28.5 Å². The van der Waals surface area contributed by atoms with Crippen molar-refractivity contribution in [2.45, 2.75) is 70.9 Å². The number of nitrogens with zero attached hydrogens (tertiary/aromatic N) is 5. The van der Waals surface area contributed by atoms with Gasteiger partial charge in [-0.25, -0.2) is 9.67 Å². The first-order chi connectivity index (χ1) is 17.8. The maximum Gasteiger partial charge on any atom is 0.160 e. The maximum absolute atomic E-state index is 6.12. The molecule has 2 fully saturated rings. The summed E-state index contributed by atoms with van der Waals surface area (Å²) in [6.07, 6.45) is 11.6. The molecule has 0 unspecified atom stereocenters. The predicted octanol–water partition coefficient (Wildman–Crippen LogP) is 6.30. The van der Waals surface area contributed by atoms with Crippen molar-refractivity contribution in [1.29, 1.82) is 0 Å². The van der Waals surface area contributed by atoms with Crippen molar-refractivity contribution in [3.8, 4) is 0 Å². The number of piperidine rings is 1. The smallest absolute Gasteiger partial charge is 0.160 e. The van der Waals surface area contributed by atoms with E-state index >= 15 is 0 Å². The Hall–Kier alpha value is -2.15. The van der Waals surface area contributed by atoms with Crippen LogP contribution < -0.4 is 4.90 Å². The highest BCUT2D eigenvalue weighted by Gasteiger charge is 2.17. The van der Waals surface area contributed by atoms with Crippen LogP contribution in [-0.4, -0.2) is 59.0 Å². The summed E-state index contributed by atoms with van der Waals surface area (Å²) in [5.41, 5.74) is 3.08. The molecule has 36 heavy (non-hydrogen) atoms. The molecule has 194 valence electrons. The number of benzene rings is 1. The van der Waals surface area contributed by atoms with E-state index < -0.39 is 0 Å². The minimum atomic E-state index is 0.523. The number of pyridine rings is 1. The average molecular weight is 510 g/mol. The van der Waals surface area contributed by atoms with E-state index in [0.29, 0.717) is 13.2 Å². The molecule has 6 nitrogen and oxygen atoms in total. The maximum atomic E-state index is 6.12. The number of likely N-dealkylation sites (tertiary alicyclic amines) is 1. The second-order valence-corrected chi connectivity index (χ2v) is 10.8. The number of rotatable bonds is 9. The SMILES string of the molecule is Clc1ccc(Cn2nc(COCCCN3CCCCC3)c3ccc(N4CCCCCCC4)nc32)cc1. The number of ether oxygens (including phenoxy) is 1. The van der Waals surface area contributed by atoms with Crippen molar-refractivity contribution in [3.63, 3.8) is 0 Å². The molecule has 2 aromatic heterocycles. The van der Waals surface area contributed by atoms with Gasteiger partial charge in [0.1, 0.15) is 5.82 Å². The highest BCUT2D eigenvalue weighted by molar-refractivity contribution is 6.30. The summed E-state index contributed by atoms with van der Waals surface area (Å²) in [5, 5.41) is 6.83. The Morgan fingerprint density at radius 2 is 1.50 bits per heavy atom. The minimum Gasteiger partial charge on any atom is -0.375 e. The summed E-state index contributed by atoms with van der Waals surface area (Å²) in [6, 6.07) is 12.4. The van der Waals surface area contributed by atoms with Gasteiger partial charge in [0.05, 0.1) is 18.8 Å². The van der Waals surface area contributed by atoms with Crippen molar-refractivity contribution in [2.75, 3.05) is 44.2 Å². The molecule has 0 N–H and O–H groups in total. The lowest BCUT2D eigenvalue weighted by Crippen LogP contribution is -2.31. The first-order valence-corrected chi connectivity index (χ1v) is 14.3. The molecule has 3 aromatic rings. The van der Waals surface area contributed by atoms with E-state index in [4.69, 9.17) is 26.4 Å². The topological polar surface area (TPSA) is 46.4 Å². The van der Waals surface area contributed by atoms with Crippen molar-refractivity contribution in [3.05, 3.63) is 52.7 Å². The Kier molecular flexibility index (Phi) is 9.13. The molecule has 4 heterocycles. The summed E-state index contributed by atoms with van der Waals surface area (Å²) in [4.78, 5) is 10.2. The Bertz CT molecular complexity index is 1080. The lowest BCUT2D eigenvalue weighted by molar-refractivity contribution is 0.103. The third-order valence-electron chi connectivity index (χ3n) is 7.53. The van der Waals surface area contributed by atoms with Crippen LogP contribution >= 0.6 is 11.6 Å². The van der Waals surface area contributed by atoms with Crippen molar-refractivity contribution < 1.29 is 4.74 Å². The summed E-state index contributed by atoms with van der Waals surface area (Å²) < 4.78 is 8.16. The zero-order chi connectivity index (χ0) is 24.6. The van der Waals surface area contributed by atoms with Gasteiger partial charge < -0.3 is 14.5 Å². The lowest BCUT2D eigenvalue weighted by Gasteiger charge is -2.26. The molecule has 5 rings (SSSR count). The third-order valence-corrected chi connectivity index (χ3v) is 7.79. The third kappa shape index (κ3) is 6.78. The first kappa shape index (κ1) is 25.5. The van der Waals surface area contributed by atoms with E-state index in [1.165, 1.54) is 64.5 Å². The molecule has 2 aliphatic heterocycles. The molecule has 2 aliphatic rings. The molecular weight excluding hydrogens is 470 g/mol. The van der Waals surface area contributed by atoms with Gasteiger partial charge in [-0.3, -0.25) is 0 Å². The zero-order valence-electron chi connectivity index (χ0n) is 21.5. The first-order valence-electron chi connectivity index (χ1n) is 13.9. The van der Waals surface area contributed by atoms with Gasteiger partial charge in [-0.15, -0.1) is 0 Å². The number of fused-ring (bicyclic) bond motifs is 1. The van der Waals surface area contributed by atoms with Crippen LogP contribution in [0.25, 0.3) is 11.0 Å². The molecule has 1 aromatic carbocycles. The van der Waals surface area contributed by atoms with Gasteiger partial charge in [0.15, 0.2) is 5.65 Å². The molecule has 2 saturated heterocycles. The van der Waals surface area contributed by atoms with Crippen LogP contribution in [0.1, 0.15) is 69.0 Å².